The molecule has 1 aliphatic rings. The predicted octanol–water partition coefficient (Wildman–Crippen LogP) is 1.82. The van der Waals surface area contributed by atoms with Crippen LogP contribution in [0.4, 0.5) is 10.3 Å². The highest BCUT2D eigenvalue weighted by atomic mass is 35.5. The van der Waals surface area contributed by atoms with Crippen molar-refractivity contribution in [3.63, 3.8) is 0 Å². The van der Waals surface area contributed by atoms with Gasteiger partial charge in [0.1, 0.15) is 12.1 Å². The Morgan fingerprint density at radius 2 is 1.95 bits per heavy atom. The molecule has 1 saturated heterocycles. The molecule has 4 rings (SSSR count). The van der Waals surface area contributed by atoms with Gasteiger partial charge in [-0.2, -0.15) is 9.61 Å². The molecule has 3 aromatic rings. The fourth-order valence-corrected chi connectivity index (χ4v) is 2.90. The summed E-state index contributed by atoms with van der Waals surface area (Å²) in [6, 6.07) is 2.91. The van der Waals surface area contributed by atoms with Crippen LogP contribution in [0.25, 0.3) is 16.6 Å². The van der Waals surface area contributed by atoms with Gasteiger partial charge in [-0.25, -0.2) is 14.4 Å². The van der Waals surface area contributed by atoms with Crippen LogP contribution in [0.2, 0.25) is 5.02 Å². The zero-order valence-electron chi connectivity index (χ0n) is 12.0. The predicted molar refractivity (Wildman–Crippen MR) is 83.0 cm³/mol. The first-order valence-electron chi connectivity index (χ1n) is 7.05. The molecule has 0 N–H and O–H groups in total. The largest absolute Gasteiger partial charge is 0.338 e. The van der Waals surface area contributed by atoms with E-state index in [1.54, 1.807) is 10.6 Å². The summed E-state index contributed by atoms with van der Waals surface area (Å²) in [7, 11) is 2.10. The molecule has 1 aromatic carbocycles. The SMILES string of the molecule is CN1CCN(c2nc3cc(Cl)c(F)cc3c3ncnn23)CC1. The van der Waals surface area contributed by atoms with Gasteiger partial charge in [-0.05, 0) is 19.2 Å². The summed E-state index contributed by atoms with van der Waals surface area (Å²) in [5.74, 6) is 0.240. The van der Waals surface area contributed by atoms with E-state index >= 15 is 0 Å². The maximum absolute atomic E-state index is 13.7. The fourth-order valence-electron chi connectivity index (χ4n) is 2.75. The average molecular weight is 321 g/mol. The maximum atomic E-state index is 13.7. The monoisotopic (exact) mass is 320 g/mol. The molecule has 0 spiro atoms. The molecule has 1 aliphatic heterocycles. The third kappa shape index (κ3) is 2.08. The summed E-state index contributed by atoms with van der Waals surface area (Å²) in [4.78, 5) is 13.3. The van der Waals surface area contributed by atoms with E-state index in [-0.39, 0.29) is 5.02 Å². The lowest BCUT2D eigenvalue weighted by Gasteiger charge is -2.33. The fraction of sp³-hybridized carbons (Fsp3) is 0.357. The summed E-state index contributed by atoms with van der Waals surface area (Å²) in [5, 5.41) is 4.92. The molecule has 114 valence electrons. The van der Waals surface area contributed by atoms with Crippen molar-refractivity contribution in [1.82, 2.24) is 24.5 Å². The second-order valence-corrected chi connectivity index (χ2v) is 5.89. The van der Waals surface area contributed by atoms with Crippen LogP contribution >= 0.6 is 11.6 Å². The molecule has 0 amide bonds. The Labute approximate surface area is 131 Å². The highest BCUT2D eigenvalue weighted by molar-refractivity contribution is 6.31. The molecule has 0 aliphatic carbocycles. The number of halogens is 2. The van der Waals surface area contributed by atoms with Crippen molar-refractivity contribution in [3.8, 4) is 0 Å². The second kappa shape index (κ2) is 5.03. The number of piperazine rings is 1. The number of anilines is 1. The standard InChI is InChI=1S/C14H14ClFN6/c1-20-2-4-21(5-3-20)14-19-12-7-10(15)11(16)6-9(12)13-17-8-18-22(13)14/h6-8H,2-5H2,1H3. The third-order valence-corrected chi connectivity index (χ3v) is 4.31. The smallest absolute Gasteiger partial charge is 0.229 e. The Kier molecular flexibility index (Phi) is 3.12. The van der Waals surface area contributed by atoms with Crippen LogP contribution in [0.5, 0.6) is 0 Å². The second-order valence-electron chi connectivity index (χ2n) is 5.48. The lowest BCUT2D eigenvalue weighted by atomic mass is 10.2. The van der Waals surface area contributed by atoms with Crippen molar-refractivity contribution >= 4 is 34.1 Å². The highest BCUT2D eigenvalue weighted by Gasteiger charge is 2.20. The van der Waals surface area contributed by atoms with Gasteiger partial charge in [0.15, 0.2) is 5.65 Å². The first-order valence-corrected chi connectivity index (χ1v) is 7.43. The molecule has 3 heterocycles. The molecule has 6 nitrogen and oxygen atoms in total. The normalized spacial score (nSPS) is 16.8. The summed E-state index contributed by atoms with van der Waals surface area (Å²) < 4.78 is 15.4. The van der Waals surface area contributed by atoms with E-state index in [2.05, 4.69) is 31.9 Å². The summed E-state index contributed by atoms with van der Waals surface area (Å²) in [5.41, 5.74) is 1.22. The van der Waals surface area contributed by atoms with E-state index in [9.17, 15) is 4.39 Å². The van der Waals surface area contributed by atoms with E-state index in [4.69, 9.17) is 11.6 Å². The Bertz CT molecular complexity index is 855. The minimum Gasteiger partial charge on any atom is -0.338 e. The molecule has 0 unspecified atom stereocenters. The van der Waals surface area contributed by atoms with E-state index in [0.717, 1.165) is 32.1 Å². The maximum Gasteiger partial charge on any atom is 0.229 e. The van der Waals surface area contributed by atoms with Gasteiger partial charge in [-0.3, -0.25) is 0 Å². The lowest BCUT2D eigenvalue weighted by Crippen LogP contribution is -2.45. The molecule has 0 saturated carbocycles. The number of hydrogen-bond donors (Lipinski definition) is 0. The number of benzene rings is 1. The zero-order chi connectivity index (χ0) is 15.3. The van der Waals surface area contributed by atoms with Crippen LogP contribution < -0.4 is 4.90 Å². The Hall–Kier alpha value is -1.99. The minimum atomic E-state index is -0.479. The van der Waals surface area contributed by atoms with Crippen LogP contribution in [0.1, 0.15) is 0 Å². The van der Waals surface area contributed by atoms with Gasteiger partial charge in [-0.15, -0.1) is 0 Å². The number of rotatable bonds is 1. The molecule has 1 fully saturated rings. The quantitative estimate of drug-likeness (QED) is 0.684. The Balaban J connectivity index is 1.93. The van der Waals surface area contributed by atoms with E-state index < -0.39 is 5.82 Å². The van der Waals surface area contributed by atoms with Crippen LogP contribution in [0.3, 0.4) is 0 Å². The number of fused-ring (bicyclic) bond motifs is 3. The van der Waals surface area contributed by atoms with E-state index in [1.807, 2.05) is 0 Å². The van der Waals surface area contributed by atoms with Crippen molar-refractivity contribution in [3.05, 3.63) is 29.3 Å². The van der Waals surface area contributed by atoms with Gasteiger partial charge in [-0.1, -0.05) is 11.6 Å². The van der Waals surface area contributed by atoms with Crippen molar-refractivity contribution < 1.29 is 4.39 Å². The van der Waals surface area contributed by atoms with Gasteiger partial charge in [0.25, 0.3) is 0 Å². The van der Waals surface area contributed by atoms with Gasteiger partial charge in [0, 0.05) is 31.6 Å². The number of likely N-dealkylation sites (N-methyl/N-ethyl adjacent to an activating group) is 1. The molecule has 0 radical (unpaired) electrons. The third-order valence-electron chi connectivity index (χ3n) is 4.02. The van der Waals surface area contributed by atoms with Crippen molar-refractivity contribution in [2.24, 2.45) is 0 Å². The topological polar surface area (TPSA) is 49.6 Å². The average Bonchev–Trinajstić information content (AvgIpc) is 2.99. The van der Waals surface area contributed by atoms with Crippen LogP contribution in [-0.4, -0.2) is 57.7 Å². The van der Waals surface area contributed by atoms with Crippen LogP contribution in [0, 0.1) is 5.82 Å². The molecular weight excluding hydrogens is 307 g/mol. The number of nitrogens with zero attached hydrogens (tertiary/aromatic N) is 6. The van der Waals surface area contributed by atoms with Crippen molar-refractivity contribution in [2.45, 2.75) is 0 Å². The summed E-state index contributed by atoms with van der Waals surface area (Å²) in [6.45, 7) is 3.64. The van der Waals surface area contributed by atoms with Gasteiger partial charge in [0.05, 0.1) is 10.5 Å². The lowest BCUT2D eigenvalue weighted by molar-refractivity contribution is 0.310. The number of aromatic nitrogens is 4. The van der Waals surface area contributed by atoms with Crippen LogP contribution in [0.15, 0.2) is 18.5 Å². The van der Waals surface area contributed by atoms with Gasteiger partial charge < -0.3 is 9.80 Å². The first-order chi connectivity index (χ1) is 10.6. The number of hydrogen-bond acceptors (Lipinski definition) is 5. The van der Waals surface area contributed by atoms with E-state index in [0.29, 0.717) is 16.6 Å². The molecular formula is C14H14ClFN6. The van der Waals surface area contributed by atoms with Gasteiger partial charge >= 0.3 is 0 Å². The molecule has 0 atom stereocenters. The molecule has 22 heavy (non-hydrogen) atoms. The summed E-state index contributed by atoms with van der Waals surface area (Å²) >= 11 is 5.89. The van der Waals surface area contributed by atoms with Crippen LogP contribution in [-0.2, 0) is 0 Å². The minimum absolute atomic E-state index is 0.0631. The Morgan fingerprint density at radius 1 is 1.18 bits per heavy atom. The molecule has 2 aromatic heterocycles. The van der Waals surface area contributed by atoms with Gasteiger partial charge in [0.2, 0.25) is 5.95 Å². The summed E-state index contributed by atoms with van der Waals surface area (Å²) in [6.07, 6.45) is 1.46. The van der Waals surface area contributed by atoms with E-state index in [1.165, 1.54) is 12.4 Å². The molecule has 0 bridgehead atoms. The Morgan fingerprint density at radius 3 is 2.73 bits per heavy atom. The molecule has 8 heteroatoms. The van der Waals surface area contributed by atoms with Crippen molar-refractivity contribution in [2.75, 3.05) is 38.1 Å². The first kappa shape index (κ1) is 13.7. The van der Waals surface area contributed by atoms with Crippen molar-refractivity contribution in [1.29, 1.82) is 0 Å². The highest BCUT2D eigenvalue weighted by Crippen LogP contribution is 2.27. The zero-order valence-corrected chi connectivity index (χ0v) is 12.8.